The van der Waals surface area contributed by atoms with Crippen molar-refractivity contribution in [1.82, 2.24) is 4.90 Å². The zero-order valence-corrected chi connectivity index (χ0v) is 13.3. The summed E-state index contributed by atoms with van der Waals surface area (Å²) in [6.07, 6.45) is 2.50. The molecule has 0 aliphatic carbocycles. The summed E-state index contributed by atoms with van der Waals surface area (Å²) in [6, 6.07) is 5.58. The highest BCUT2D eigenvalue weighted by Gasteiger charge is 2.18. The first-order valence-corrected chi connectivity index (χ1v) is 7.86. The third-order valence-electron chi connectivity index (χ3n) is 3.50. The predicted molar refractivity (Wildman–Crippen MR) is 82.9 cm³/mol. The monoisotopic (exact) mass is 346 g/mol. The highest BCUT2D eigenvalue weighted by molar-refractivity contribution is 9.10. The summed E-state index contributed by atoms with van der Waals surface area (Å²) in [7, 11) is 0. The summed E-state index contributed by atoms with van der Waals surface area (Å²) >= 11 is 9.35. The summed E-state index contributed by atoms with van der Waals surface area (Å²) in [5, 5.41) is 0.709. The molecule has 1 unspecified atom stereocenters. The van der Waals surface area contributed by atoms with Gasteiger partial charge in [-0.2, -0.15) is 0 Å². The van der Waals surface area contributed by atoms with Gasteiger partial charge in [-0.05, 0) is 66.0 Å². The molecule has 0 bridgehead atoms. The van der Waals surface area contributed by atoms with Gasteiger partial charge in [0.25, 0.3) is 0 Å². The maximum atomic E-state index is 5.90. The van der Waals surface area contributed by atoms with Crippen LogP contribution in [0.1, 0.15) is 12.8 Å². The average molecular weight is 348 g/mol. The highest BCUT2D eigenvalue weighted by Crippen LogP contribution is 2.28. The van der Waals surface area contributed by atoms with E-state index in [1.807, 2.05) is 18.2 Å². The van der Waals surface area contributed by atoms with E-state index in [1.54, 1.807) is 0 Å². The number of nitrogens with two attached hydrogens (primary N) is 1. The lowest BCUT2D eigenvalue weighted by Crippen LogP contribution is -2.40. The number of halogens is 2. The van der Waals surface area contributed by atoms with Crippen molar-refractivity contribution < 1.29 is 4.74 Å². The first kappa shape index (κ1) is 15.1. The molecule has 0 aromatic heterocycles. The van der Waals surface area contributed by atoms with Gasteiger partial charge in [0.15, 0.2) is 0 Å². The van der Waals surface area contributed by atoms with Crippen LogP contribution in [0, 0.1) is 5.92 Å². The van der Waals surface area contributed by atoms with Crippen molar-refractivity contribution in [2.45, 2.75) is 12.8 Å². The summed E-state index contributed by atoms with van der Waals surface area (Å²) < 4.78 is 6.69. The van der Waals surface area contributed by atoms with Crippen molar-refractivity contribution in [1.29, 1.82) is 0 Å². The van der Waals surface area contributed by atoms with Gasteiger partial charge in [0, 0.05) is 18.1 Å². The summed E-state index contributed by atoms with van der Waals surface area (Å²) in [5.41, 5.74) is 5.74. The average Bonchev–Trinajstić information content (AvgIpc) is 2.41. The van der Waals surface area contributed by atoms with Gasteiger partial charge in [-0.1, -0.05) is 11.6 Å². The topological polar surface area (TPSA) is 38.5 Å². The predicted octanol–water partition coefficient (Wildman–Crippen LogP) is 3.15. The number of rotatable bonds is 5. The van der Waals surface area contributed by atoms with Gasteiger partial charge < -0.3 is 10.5 Å². The van der Waals surface area contributed by atoms with E-state index in [9.17, 15) is 0 Å². The van der Waals surface area contributed by atoms with Gasteiger partial charge in [-0.25, -0.2) is 0 Å². The van der Waals surface area contributed by atoms with Crippen LogP contribution < -0.4 is 10.5 Å². The minimum Gasteiger partial charge on any atom is -0.491 e. The van der Waals surface area contributed by atoms with Crippen molar-refractivity contribution in [2.75, 3.05) is 32.8 Å². The fraction of sp³-hybridized carbons (Fsp3) is 0.571. The molecule has 0 spiro atoms. The maximum absolute atomic E-state index is 5.90. The summed E-state index contributed by atoms with van der Waals surface area (Å²) in [5.74, 6) is 1.49. The van der Waals surface area contributed by atoms with Gasteiger partial charge in [0.1, 0.15) is 12.4 Å². The molecule has 1 aliphatic heterocycles. The van der Waals surface area contributed by atoms with Crippen LogP contribution in [-0.4, -0.2) is 37.7 Å². The van der Waals surface area contributed by atoms with E-state index < -0.39 is 0 Å². The van der Waals surface area contributed by atoms with E-state index in [0.717, 1.165) is 36.4 Å². The van der Waals surface area contributed by atoms with Crippen LogP contribution >= 0.6 is 27.5 Å². The number of benzene rings is 1. The molecule has 1 aliphatic rings. The van der Waals surface area contributed by atoms with E-state index in [2.05, 4.69) is 20.8 Å². The third-order valence-corrected chi connectivity index (χ3v) is 4.35. The Morgan fingerprint density at radius 1 is 1.47 bits per heavy atom. The van der Waals surface area contributed by atoms with Gasteiger partial charge in [-0.3, -0.25) is 4.90 Å². The van der Waals surface area contributed by atoms with Crippen LogP contribution in [0.5, 0.6) is 5.75 Å². The fourth-order valence-electron chi connectivity index (χ4n) is 2.42. The van der Waals surface area contributed by atoms with E-state index in [0.29, 0.717) is 17.5 Å². The Morgan fingerprint density at radius 2 is 2.32 bits per heavy atom. The SMILES string of the molecule is NCC1CCCN(CCOc2ccc(Cl)cc2Br)C1. The van der Waals surface area contributed by atoms with Crippen LogP contribution in [0.25, 0.3) is 0 Å². The number of nitrogens with zero attached hydrogens (tertiary/aromatic N) is 1. The van der Waals surface area contributed by atoms with Crippen molar-refractivity contribution in [2.24, 2.45) is 11.7 Å². The lowest BCUT2D eigenvalue weighted by Gasteiger charge is -2.31. The second-order valence-electron chi connectivity index (χ2n) is 4.97. The number of hydrogen-bond donors (Lipinski definition) is 1. The molecule has 5 heteroatoms. The molecule has 19 heavy (non-hydrogen) atoms. The van der Waals surface area contributed by atoms with Crippen molar-refractivity contribution in [3.8, 4) is 5.75 Å². The van der Waals surface area contributed by atoms with Crippen LogP contribution in [0.3, 0.4) is 0 Å². The smallest absolute Gasteiger partial charge is 0.133 e. The Hall–Kier alpha value is -0.290. The molecule has 3 nitrogen and oxygen atoms in total. The first-order valence-electron chi connectivity index (χ1n) is 6.69. The minimum atomic E-state index is 0.649. The van der Waals surface area contributed by atoms with Gasteiger partial charge in [0.2, 0.25) is 0 Å². The quantitative estimate of drug-likeness (QED) is 0.889. The second kappa shape index (κ2) is 7.48. The van der Waals surface area contributed by atoms with Crippen LogP contribution in [0.2, 0.25) is 5.02 Å². The van der Waals surface area contributed by atoms with Crippen LogP contribution in [-0.2, 0) is 0 Å². The Bertz CT molecular complexity index is 416. The first-order chi connectivity index (χ1) is 9.19. The molecular weight excluding hydrogens is 328 g/mol. The molecule has 1 heterocycles. The van der Waals surface area contributed by atoms with E-state index >= 15 is 0 Å². The largest absolute Gasteiger partial charge is 0.491 e. The Labute approximate surface area is 128 Å². The normalized spacial score (nSPS) is 20.5. The fourth-order valence-corrected chi connectivity index (χ4v) is 3.22. The number of ether oxygens (including phenoxy) is 1. The van der Waals surface area contributed by atoms with Gasteiger partial charge >= 0.3 is 0 Å². The summed E-state index contributed by atoms with van der Waals surface area (Å²) in [6.45, 7) is 4.69. The Kier molecular flexibility index (Phi) is 5.95. The highest BCUT2D eigenvalue weighted by atomic mass is 79.9. The van der Waals surface area contributed by atoms with Gasteiger partial charge in [0.05, 0.1) is 4.47 Å². The molecule has 2 N–H and O–H groups in total. The van der Waals surface area contributed by atoms with E-state index in [-0.39, 0.29) is 0 Å². The van der Waals surface area contributed by atoms with Crippen molar-refractivity contribution >= 4 is 27.5 Å². The zero-order chi connectivity index (χ0) is 13.7. The standard InChI is InChI=1S/C14H20BrClN2O/c15-13-8-12(16)3-4-14(13)19-7-6-18-5-1-2-11(9-17)10-18/h3-4,8,11H,1-2,5-7,9-10,17H2. The van der Waals surface area contributed by atoms with Crippen LogP contribution in [0.4, 0.5) is 0 Å². The number of likely N-dealkylation sites (tertiary alicyclic amines) is 1. The third kappa shape index (κ3) is 4.63. The number of hydrogen-bond acceptors (Lipinski definition) is 3. The zero-order valence-electron chi connectivity index (χ0n) is 10.9. The Morgan fingerprint density at radius 3 is 3.05 bits per heavy atom. The molecule has 1 fully saturated rings. The van der Waals surface area contributed by atoms with Crippen molar-refractivity contribution in [3.63, 3.8) is 0 Å². The van der Waals surface area contributed by atoms with E-state index in [1.165, 1.54) is 12.8 Å². The maximum Gasteiger partial charge on any atom is 0.133 e. The lowest BCUT2D eigenvalue weighted by atomic mass is 9.98. The molecule has 0 saturated carbocycles. The Balaban J connectivity index is 1.76. The molecule has 1 saturated heterocycles. The number of piperidine rings is 1. The van der Waals surface area contributed by atoms with Crippen LogP contribution in [0.15, 0.2) is 22.7 Å². The molecule has 1 aromatic rings. The molecule has 0 amide bonds. The van der Waals surface area contributed by atoms with Crippen molar-refractivity contribution in [3.05, 3.63) is 27.7 Å². The molecule has 106 valence electrons. The minimum absolute atomic E-state index is 0.649. The second-order valence-corrected chi connectivity index (χ2v) is 6.26. The molecule has 1 aromatic carbocycles. The molecule has 0 radical (unpaired) electrons. The summed E-state index contributed by atoms with van der Waals surface area (Å²) in [4.78, 5) is 2.44. The van der Waals surface area contributed by atoms with Gasteiger partial charge in [-0.15, -0.1) is 0 Å². The molecular formula is C14H20BrClN2O. The van der Waals surface area contributed by atoms with E-state index in [4.69, 9.17) is 22.1 Å². The molecule has 2 rings (SSSR count). The molecule has 1 atom stereocenters. The lowest BCUT2D eigenvalue weighted by molar-refractivity contribution is 0.149.